The van der Waals surface area contributed by atoms with E-state index in [1.807, 2.05) is 27.7 Å². The summed E-state index contributed by atoms with van der Waals surface area (Å²) in [6, 6.07) is 4.91. The first kappa shape index (κ1) is 17.8. The summed E-state index contributed by atoms with van der Waals surface area (Å²) >= 11 is 0. The highest BCUT2D eigenvalue weighted by atomic mass is 16.7. The van der Waals surface area contributed by atoms with Gasteiger partial charge < -0.3 is 19.2 Å². The van der Waals surface area contributed by atoms with E-state index in [9.17, 15) is 9.90 Å². The summed E-state index contributed by atoms with van der Waals surface area (Å²) in [6.07, 6.45) is 1.94. The Morgan fingerprint density at radius 1 is 1.17 bits per heavy atom. The van der Waals surface area contributed by atoms with Crippen LogP contribution in [-0.2, 0) is 9.31 Å². The number of unbranched alkanes of at least 4 members (excludes halogenated alkanes) is 1. The van der Waals surface area contributed by atoms with Gasteiger partial charge in [0.2, 0.25) is 0 Å². The Morgan fingerprint density at radius 3 is 2.30 bits per heavy atom. The number of ether oxygens (including phenoxy) is 1. The first-order chi connectivity index (χ1) is 10.7. The van der Waals surface area contributed by atoms with Crippen molar-refractivity contribution < 1.29 is 23.9 Å². The van der Waals surface area contributed by atoms with Crippen LogP contribution in [0.5, 0.6) is 5.75 Å². The van der Waals surface area contributed by atoms with Gasteiger partial charge in [-0.1, -0.05) is 13.3 Å². The third-order valence-corrected chi connectivity index (χ3v) is 4.47. The van der Waals surface area contributed by atoms with Gasteiger partial charge in [0.15, 0.2) is 0 Å². The van der Waals surface area contributed by atoms with Crippen LogP contribution < -0.4 is 10.2 Å². The molecule has 0 bridgehead atoms. The summed E-state index contributed by atoms with van der Waals surface area (Å²) in [5.41, 5.74) is -0.112. The molecule has 126 valence electrons. The third kappa shape index (κ3) is 3.87. The molecule has 1 aliphatic heterocycles. The average molecular weight is 320 g/mol. The topological polar surface area (TPSA) is 65.0 Å². The Morgan fingerprint density at radius 2 is 1.78 bits per heavy atom. The third-order valence-electron chi connectivity index (χ3n) is 4.47. The molecule has 1 fully saturated rings. The fourth-order valence-electron chi connectivity index (χ4n) is 2.28. The number of benzene rings is 1. The molecule has 5 nitrogen and oxygen atoms in total. The minimum absolute atomic E-state index is 0.170. The van der Waals surface area contributed by atoms with Crippen molar-refractivity contribution in [1.29, 1.82) is 0 Å². The molecule has 1 aromatic rings. The smallest absolute Gasteiger partial charge is 0.494 e. The fraction of sp³-hybridized carbons (Fsp3) is 0.588. The van der Waals surface area contributed by atoms with Crippen LogP contribution in [0.15, 0.2) is 18.2 Å². The van der Waals surface area contributed by atoms with E-state index in [-0.39, 0.29) is 5.56 Å². The molecule has 1 saturated heterocycles. The Kier molecular flexibility index (Phi) is 5.06. The van der Waals surface area contributed by atoms with Crippen molar-refractivity contribution in [1.82, 2.24) is 0 Å². The van der Waals surface area contributed by atoms with Gasteiger partial charge in [-0.3, -0.25) is 0 Å². The van der Waals surface area contributed by atoms with Gasteiger partial charge >= 0.3 is 13.1 Å². The van der Waals surface area contributed by atoms with E-state index in [0.29, 0.717) is 17.8 Å². The lowest BCUT2D eigenvalue weighted by Crippen LogP contribution is -2.41. The first-order valence-electron chi connectivity index (χ1n) is 8.03. The summed E-state index contributed by atoms with van der Waals surface area (Å²) in [4.78, 5) is 11.4. The Labute approximate surface area is 138 Å². The van der Waals surface area contributed by atoms with Crippen molar-refractivity contribution >= 4 is 18.6 Å². The van der Waals surface area contributed by atoms with Crippen molar-refractivity contribution in [2.24, 2.45) is 0 Å². The van der Waals surface area contributed by atoms with Gasteiger partial charge in [0.1, 0.15) is 5.75 Å². The zero-order valence-corrected chi connectivity index (χ0v) is 14.5. The summed E-state index contributed by atoms with van der Waals surface area (Å²) in [6.45, 7) is 10.5. The maximum Gasteiger partial charge on any atom is 0.494 e. The molecule has 0 aromatic heterocycles. The second-order valence-electron chi connectivity index (χ2n) is 6.89. The molecule has 23 heavy (non-hydrogen) atoms. The van der Waals surface area contributed by atoms with Gasteiger partial charge in [0, 0.05) is 0 Å². The number of carboxylic acid groups (broad SMARTS) is 1. The standard InChI is InChI=1S/C17H25BO5/c1-6-7-8-21-14-10-12(15(19)20)9-13(11-14)18-22-16(2,3)17(4,5)23-18/h9-11H,6-8H2,1-5H3,(H,19,20). The largest absolute Gasteiger partial charge is 0.494 e. The highest BCUT2D eigenvalue weighted by Crippen LogP contribution is 2.36. The molecule has 0 spiro atoms. The van der Waals surface area contributed by atoms with Gasteiger partial charge in [-0.15, -0.1) is 0 Å². The first-order valence-corrected chi connectivity index (χ1v) is 8.03. The van der Waals surface area contributed by atoms with E-state index in [0.717, 1.165) is 12.8 Å². The molecule has 1 aromatic carbocycles. The molecular formula is C17H25BO5. The average Bonchev–Trinajstić information content (AvgIpc) is 2.67. The highest BCUT2D eigenvalue weighted by molar-refractivity contribution is 6.62. The SMILES string of the molecule is CCCCOc1cc(B2OC(C)(C)C(C)(C)O2)cc(C(=O)O)c1. The second kappa shape index (κ2) is 6.53. The highest BCUT2D eigenvalue weighted by Gasteiger charge is 2.51. The van der Waals surface area contributed by atoms with Crippen LogP contribution in [0.3, 0.4) is 0 Å². The predicted molar refractivity (Wildman–Crippen MR) is 89.5 cm³/mol. The maximum atomic E-state index is 11.4. The molecule has 1 heterocycles. The summed E-state index contributed by atoms with van der Waals surface area (Å²) in [5.74, 6) is -0.466. The number of aromatic carboxylic acids is 1. The lowest BCUT2D eigenvalue weighted by Gasteiger charge is -2.32. The van der Waals surface area contributed by atoms with Crippen molar-refractivity contribution in [2.75, 3.05) is 6.61 Å². The van der Waals surface area contributed by atoms with Crippen molar-refractivity contribution in [2.45, 2.75) is 58.7 Å². The van der Waals surface area contributed by atoms with Crippen molar-refractivity contribution in [3.63, 3.8) is 0 Å². The van der Waals surface area contributed by atoms with Crippen LogP contribution in [0.4, 0.5) is 0 Å². The molecule has 1 aliphatic rings. The molecule has 0 unspecified atom stereocenters. The van der Waals surface area contributed by atoms with Crippen LogP contribution in [0.25, 0.3) is 0 Å². The summed E-state index contributed by atoms with van der Waals surface area (Å²) < 4.78 is 17.7. The molecular weight excluding hydrogens is 295 g/mol. The lowest BCUT2D eigenvalue weighted by atomic mass is 9.78. The van der Waals surface area contributed by atoms with Crippen LogP contribution in [0, 0.1) is 0 Å². The van der Waals surface area contributed by atoms with E-state index >= 15 is 0 Å². The van der Waals surface area contributed by atoms with Crippen LogP contribution in [-0.4, -0.2) is 36.0 Å². The summed E-state index contributed by atoms with van der Waals surface area (Å²) in [5, 5.41) is 9.32. The predicted octanol–water partition coefficient (Wildman–Crippen LogP) is 2.86. The zero-order valence-electron chi connectivity index (χ0n) is 14.5. The minimum atomic E-state index is -0.997. The van der Waals surface area contributed by atoms with Gasteiger partial charge in [-0.25, -0.2) is 4.79 Å². The van der Waals surface area contributed by atoms with E-state index < -0.39 is 24.3 Å². The van der Waals surface area contributed by atoms with Crippen molar-refractivity contribution in [3.05, 3.63) is 23.8 Å². The Bertz CT molecular complexity index is 566. The monoisotopic (exact) mass is 320 g/mol. The number of carbonyl (C=O) groups is 1. The molecule has 1 N–H and O–H groups in total. The van der Waals surface area contributed by atoms with E-state index in [2.05, 4.69) is 6.92 Å². The second-order valence-corrected chi connectivity index (χ2v) is 6.89. The molecule has 0 saturated carbocycles. The summed E-state index contributed by atoms with van der Waals surface area (Å²) in [7, 11) is -0.604. The maximum absolute atomic E-state index is 11.4. The number of hydrogen-bond acceptors (Lipinski definition) is 4. The lowest BCUT2D eigenvalue weighted by molar-refractivity contribution is 0.00578. The molecule has 6 heteroatoms. The van der Waals surface area contributed by atoms with Gasteiger partial charge in [-0.05, 0) is 57.8 Å². The van der Waals surface area contributed by atoms with Crippen LogP contribution in [0.2, 0.25) is 0 Å². The van der Waals surface area contributed by atoms with Crippen LogP contribution >= 0.6 is 0 Å². The van der Waals surface area contributed by atoms with Gasteiger partial charge in [-0.2, -0.15) is 0 Å². The Hall–Kier alpha value is -1.53. The van der Waals surface area contributed by atoms with Gasteiger partial charge in [0.25, 0.3) is 0 Å². The fourth-order valence-corrected chi connectivity index (χ4v) is 2.28. The minimum Gasteiger partial charge on any atom is -0.494 e. The quantitative estimate of drug-likeness (QED) is 0.645. The molecule has 0 atom stereocenters. The number of carboxylic acids is 1. The molecule has 0 aliphatic carbocycles. The zero-order chi connectivity index (χ0) is 17.3. The van der Waals surface area contributed by atoms with Crippen molar-refractivity contribution in [3.8, 4) is 5.75 Å². The van der Waals surface area contributed by atoms with E-state index in [4.69, 9.17) is 14.0 Å². The Balaban J connectivity index is 2.29. The van der Waals surface area contributed by atoms with E-state index in [1.165, 1.54) is 6.07 Å². The normalized spacial score (nSPS) is 18.9. The van der Waals surface area contributed by atoms with E-state index in [1.54, 1.807) is 12.1 Å². The van der Waals surface area contributed by atoms with Gasteiger partial charge in [0.05, 0.1) is 23.4 Å². The molecule has 0 radical (unpaired) electrons. The number of hydrogen-bond donors (Lipinski definition) is 1. The number of rotatable bonds is 6. The molecule has 0 amide bonds. The van der Waals surface area contributed by atoms with Crippen LogP contribution in [0.1, 0.15) is 57.8 Å². The molecule has 2 rings (SSSR count).